The highest BCUT2D eigenvalue weighted by atomic mass is 16.1. The van der Waals surface area contributed by atoms with Crippen LogP contribution in [0.1, 0.15) is 0 Å². The van der Waals surface area contributed by atoms with Crippen molar-refractivity contribution in [3.8, 4) is 11.1 Å². The molecule has 2 aromatic heterocycles. The van der Waals surface area contributed by atoms with Crippen LogP contribution in [0.2, 0.25) is 0 Å². The average Bonchev–Trinajstić information content (AvgIpc) is 2.44. The van der Waals surface area contributed by atoms with Crippen LogP contribution in [0.5, 0.6) is 0 Å². The SMILES string of the molecule is Cn1c(=O)c(-c2ccccc2)cc2cccnc21. The fraction of sp³-hybridized carbons (Fsp3) is 0.0667. The fourth-order valence-electron chi connectivity index (χ4n) is 2.12. The first-order chi connectivity index (χ1) is 8.77. The third kappa shape index (κ3) is 1.61. The van der Waals surface area contributed by atoms with Gasteiger partial charge in [-0.15, -0.1) is 0 Å². The van der Waals surface area contributed by atoms with E-state index in [-0.39, 0.29) is 5.56 Å². The molecule has 0 aliphatic rings. The molecule has 3 heteroatoms. The summed E-state index contributed by atoms with van der Waals surface area (Å²) < 4.78 is 1.59. The van der Waals surface area contributed by atoms with Gasteiger partial charge < -0.3 is 0 Å². The summed E-state index contributed by atoms with van der Waals surface area (Å²) in [6.45, 7) is 0. The first-order valence-corrected chi connectivity index (χ1v) is 5.77. The Kier molecular flexibility index (Phi) is 2.45. The molecule has 0 N–H and O–H groups in total. The molecule has 0 fully saturated rings. The van der Waals surface area contributed by atoms with Crippen molar-refractivity contribution >= 4 is 11.0 Å². The van der Waals surface area contributed by atoms with E-state index >= 15 is 0 Å². The molecule has 0 saturated carbocycles. The third-order valence-electron chi connectivity index (χ3n) is 3.05. The van der Waals surface area contributed by atoms with Crippen LogP contribution in [0.15, 0.2) is 59.5 Å². The van der Waals surface area contributed by atoms with Gasteiger partial charge in [0, 0.05) is 24.2 Å². The summed E-state index contributed by atoms with van der Waals surface area (Å²) in [7, 11) is 1.75. The summed E-state index contributed by atoms with van der Waals surface area (Å²) in [6, 6.07) is 15.4. The molecule has 3 rings (SSSR count). The van der Waals surface area contributed by atoms with Crippen LogP contribution in [-0.2, 0) is 7.05 Å². The van der Waals surface area contributed by atoms with E-state index in [0.717, 1.165) is 10.9 Å². The van der Waals surface area contributed by atoms with Crippen LogP contribution in [0.4, 0.5) is 0 Å². The fourth-order valence-corrected chi connectivity index (χ4v) is 2.12. The van der Waals surface area contributed by atoms with Crippen molar-refractivity contribution in [1.29, 1.82) is 0 Å². The predicted molar refractivity (Wildman–Crippen MR) is 72.4 cm³/mol. The Morgan fingerprint density at radius 2 is 1.83 bits per heavy atom. The Bertz CT molecular complexity index is 760. The number of benzene rings is 1. The zero-order valence-electron chi connectivity index (χ0n) is 10.00. The molecule has 18 heavy (non-hydrogen) atoms. The van der Waals surface area contributed by atoms with Gasteiger partial charge in [-0.25, -0.2) is 4.98 Å². The monoisotopic (exact) mass is 236 g/mol. The molecule has 0 unspecified atom stereocenters. The molecule has 2 heterocycles. The van der Waals surface area contributed by atoms with Crippen molar-refractivity contribution < 1.29 is 0 Å². The van der Waals surface area contributed by atoms with Crippen molar-refractivity contribution in [3.05, 3.63) is 65.1 Å². The molecule has 0 amide bonds. The van der Waals surface area contributed by atoms with Crippen molar-refractivity contribution in [2.45, 2.75) is 0 Å². The van der Waals surface area contributed by atoms with Crippen LogP contribution in [0.3, 0.4) is 0 Å². The molecule has 1 aromatic carbocycles. The Morgan fingerprint density at radius 1 is 1.06 bits per heavy atom. The van der Waals surface area contributed by atoms with E-state index in [1.54, 1.807) is 17.8 Å². The minimum atomic E-state index is -0.0209. The molecule has 0 bridgehead atoms. The summed E-state index contributed by atoms with van der Waals surface area (Å²) >= 11 is 0. The van der Waals surface area contributed by atoms with Gasteiger partial charge in [-0.2, -0.15) is 0 Å². The topological polar surface area (TPSA) is 34.9 Å². The van der Waals surface area contributed by atoms with Crippen molar-refractivity contribution in [2.24, 2.45) is 7.05 Å². The summed E-state index contributed by atoms with van der Waals surface area (Å²) in [5.74, 6) is 0. The number of hydrogen-bond donors (Lipinski definition) is 0. The highest BCUT2D eigenvalue weighted by molar-refractivity contribution is 5.81. The van der Waals surface area contributed by atoms with Crippen LogP contribution in [0.25, 0.3) is 22.2 Å². The first-order valence-electron chi connectivity index (χ1n) is 5.77. The number of pyridine rings is 2. The molecular weight excluding hydrogens is 224 g/mol. The van der Waals surface area contributed by atoms with E-state index in [0.29, 0.717) is 11.2 Å². The zero-order valence-corrected chi connectivity index (χ0v) is 10.00. The quantitative estimate of drug-likeness (QED) is 0.651. The van der Waals surface area contributed by atoms with Gasteiger partial charge in [0.25, 0.3) is 5.56 Å². The Morgan fingerprint density at radius 3 is 2.61 bits per heavy atom. The number of fused-ring (bicyclic) bond motifs is 1. The highest BCUT2D eigenvalue weighted by Gasteiger charge is 2.08. The van der Waals surface area contributed by atoms with Gasteiger partial charge in [-0.3, -0.25) is 9.36 Å². The van der Waals surface area contributed by atoms with E-state index in [1.807, 2.05) is 48.5 Å². The van der Waals surface area contributed by atoms with E-state index in [4.69, 9.17) is 0 Å². The third-order valence-corrected chi connectivity index (χ3v) is 3.05. The van der Waals surface area contributed by atoms with Gasteiger partial charge in [0.05, 0.1) is 0 Å². The van der Waals surface area contributed by atoms with Gasteiger partial charge in [-0.05, 0) is 23.8 Å². The highest BCUT2D eigenvalue weighted by Crippen LogP contribution is 2.18. The largest absolute Gasteiger partial charge is 0.295 e. The van der Waals surface area contributed by atoms with E-state index in [1.165, 1.54) is 0 Å². The lowest BCUT2D eigenvalue weighted by Crippen LogP contribution is -2.19. The smallest absolute Gasteiger partial charge is 0.259 e. The van der Waals surface area contributed by atoms with E-state index in [9.17, 15) is 4.79 Å². The normalized spacial score (nSPS) is 10.7. The number of aryl methyl sites for hydroxylation is 1. The Balaban J connectivity index is 2.38. The molecule has 0 radical (unpaired) electrons. The van der Waals surface area contributed by atoms with Gasteiger partial charge in [0.2, 0.25) is 0 Å². The van der Waals surface area contributed by atoms with Gasteiger partial charge >= 0.3 is 0 Å². The molecule has 0 aliphatic carbocycles. The van der Waals surface area contributed by atoms with Gasteiger partial charge in [-0.1, -0.05) is 30.3 Å². The number of hydrogen-bond acceptors (Lipinski definition) is 2. The summed E-state index contributed by atoms with van der Waals surface area (Å²) in [5.41, 5.74) is 2.33. The lowest BCUT2D eigenvalue weighted by molar-refractivity contribution is 0.890. The second-order valence-electron chi connectivity index (χ2n) is 4.20. The summed E-state index contributed by atoms with van der Waals surface area (Å²) in [5, 5.41) is 0.971. The lowest BCUT2D eigenvalue weighted by Gasteiger charge is -2.07. The lowest BCUT2D eigenvalue weighted by atomic mass is 10.1. The predicted octanol–water partition coefficient (Wildman–Crippen LogP) is 2.60. The molecule has 88 valence electrons. The standard InChI is InChI=1S/C15H12N2O/c1-17-14-12(8-5-9-16-14)10-13(15(17)18)11-6-3-2-4-7-11/h2-10H,1H3. The Labute approximate surface area is 104 Å². The molecule has 3 nitrogen and oxygen atoms in total. The minimum absolute atomic E-state index is 0.0209. The minimum Gasteiger partial charge on any atom is -0.295 e. The van der Waals surface area contributed by atoms with E-state index in [2.05, 4.69) is 4.98 Å². The maximum absolute atomic E-state index is 12.3. The average molecular weight is 236 g/mol. The Hall–Kier alpha value is -2.42. The number of rotatable bonds is 1. The van der Waals surface area contributed by atoms with Crippen LogP contribution in [-0.4, -0.2) is 9.55 Å². The molecule has 0 aliphatic heterocycles. The molecular formula is C15H12N2O. The maximum Gasteiger partial charge on any atom is 0.259 e. The van der Waals surface area contributed by atoms with E-state index < -0.39 is 0 Å². The first kappa shape index (κ1) is 10.7. The number of aromatic nitrogens is 2. The summed E-state index contributed by atoms with van der Waals surface area (Å²) in [4.78, 5) is 16.5. The second kappa shape index (κ2) is 4.11. The summed E-state index contributed by atoms with van der Waals surface area (Å²) in [6.07, 6.45) is 1.70. The van der Waals surface area contributed by atoms with Crippen molar-refractivity contribution in [2.75, 3.05) is 0 Å². The number of nitrogens with zero attached hydrogens (tertiary/aromatic N) is 2. The van der Waals surface area contributed by atoms with Gasteiger partial charge in [0.15, 0.2) is 0 Å². The molecule has 0 spiro atoms. The van der Waals surface area contributed by atoms with Crippen LogP contribution < -0.4 is 5.56 Å². The zero-order chi connectivity index (χ0) is 12.5. The second-order valence-corrected chi connectivity index (χ2v) is 4.20. The molecule has 0 atom stereocenters. The van der Waals surface area contributed by atoms with Crippen molar-refractivity contribution in [3.63, 3.8) is 0 Å². The van der Waals surface area contributed by atoms with Gasteiger partial charge in [0.1, 0.15) is 5.65 Å². The van der Waals surface area contributed by atoms with Crippen LogP contribution in [0, 0.1) is 0 Å². The molecule has 3 aromatic rings. The van der Waals surface area contributed by atoms with Crippen LogP contribution >= 0.6 is 0 Å². The maximum atomic E-state index is 12.3. The molecule has 0 saturated heterocycles. The van der Waals surface area contributed by atoms with Crippen molar-refractivity contribution in [1.82, 2.24) is 9.55 Å².